The van der Waals surface area contributed by atoms with E-state index in [0.717, 1.165) is 5.71 Å². The smallest absolute Gasteiger partial charge is 0.156 e. The molecule has 5 nitrogen and oxygen atoms in total. The first-order valence-corrected chi connectivity index (χ1v) is 9.65. The van der Waals surface area contributed by atoms with Gasteiger partial charge >= 0.3 is 0 Å². The molecule has 0 saturated carbocycles. The van der Waals surface area contributed by atoms with Gasteiger partial charge in [-0.2, -0.15) is 0 Å². The van der Waals surface area contributed by atoms with E-state index >= 15 is 0 Å². The zero-order chi connectivity index (χ0) is 20.4. The molecule has 1 aromatic rings. The van der Waals surface area contributed by atoms with Crippen LogP contribution in [0, 0.1) is 0 Å². The zero-order valence-corrected chi connectivity index (χ0v) is 18.7. The van der Waals surface area contributed by atoms with Gasteiger partial charge in [-0.15, -0.1) is 0 Å². The van der Waals surface area contributed by atoms with E-state index in [1.807, 2.05) is 27.7 Å². The van der Waals surface area contributed by atoms with Gasteiger partial charge in [-0.05, 0) is 33.8 Å². The fraction of sp³-hybridized carbons (Fsp3) is 0.500. The predicted molar refractivity (Wildman–Crippen MR) is 112 cm³/mol. The van der Waals surface area contributed by atoms with Gasteiger partial charge in [0.2, 0.25) is 0 Å². The second-order valence-corrected chi connectivity index (χ2v) is 8.27. The lowest BCUT2D eigenvalue weighted by Crippen LogP contribution is -2.18. The third kappa shape index (κ3) is 10.9. The first-order chi connectivity index (χ1) is 12.6. The van der Waals surface area contributed by atoms with Crippen molar-refractivity contribution in [3.63, 3.8) is 0 Å². The van der Waals surface area contributed by atoms with Crippen molar-refractivity contribution in [3.05, 3.63) is 32.7 Å². The van der Waals surface area contributed by atoms with Crippen LogP contribution in [0.15, 0.2) is 27.9 Å². The van der Waals surface area contributed by atoms with Gasteiger partial charge < -0.3 is 19.0 Å². The maximum Gasteiger partial charge on any atom is 0.156 e. The summed E-state index contributed by atoms with van der Waals surface area (Å²) >= 11 is 23.4. The van der Waals surface area contributed by atoms with Crippen LogP contribution in [0.2, 0.25) is 10.0 Å². The van der Waals surface area contributed by atoms with Gasteiger partial charge in [0.25, 0.3) is 0 Å². The Morgan fingerprint density at radius 3 is 2.26 bits per heavy atom. The monoisotopic (exact) mass is 457 g/mol. The van der Waals surface area contributed by atoms with Crippen molar-refractivity contribution in [2.75, 3.05) is 26.4 Å². The van der Waals surface area contributed by atoms with E-state index in [1.165, 1.54) is 6.08 Å². The van der Waals surface area contributed by atoms with Crippen molar-refractivity contribution in [2.45, 2.75) is 33.3 Å². The average molecular weight is 459 g/mol. The molecule has 0 unspecified atom stereocenters. The molecule has 0 aliphatic carbocycles. The van der Waals surface area contributed by atoms with Crippen LogP contribution < -0.4 is 9.47 Å². The number of ether oxygens (including phenoxy) is 3. The van der Waals surface area contributed by atoms with Crippen LogP contribution in [0.3, 0.4) is 0 Å². The molecule has 0 radical (unpaired) electrons. The largest absolute Gasteiger partial charge is 0.489 e. The number of halogens is 4. The van der Waals surface area contributed by atoms with Gasteiger partial charge in [-0.25, -0.2) is 0 Å². The van der Waals surface area contributed by atoms with Crippen LogP contribution >= 0.6 is 46.4 Å². The Kier molecular flexibility index (Phi) is 10.6. The molecule has 0 aliphatic rings. The zero-order valence-electron chi connectivity index (χ0n) is 15.7. The summed E-state index contributed by atoms with van der Waals surface area (Å²) in [5.74, 6) is 0.840. The lowest BCUT2D eigenvalue weighted by Gasteiger charge is -2.16. The minimum atomic E-state index is -0.333. The van der Waals surface area contributed by atoms with Crippen LogP contribution in [-0.2, 0) is 9.57 Å². The Bertz CT molecular complexity index is 645. The van der Waals surface area contributed by atoms with Gasteiger partial charge in [0, 0.05) is 12.1 Å². The van der Waals surface area contributed by atoms with Crippen molar-refractivity contribution in [1.82, 2.24) is 0 Å². The summed E-state index contributed by atoms with van der Waals surface area (Å²) in [5, 5.41) is 4.66. The van der Waals surface area contributed by atoms with Crippen LogP contribution in [0.1, 0.15) is 27.7 Å². The number of hydrogen-bond donors (Lipinski definition) is 0. The topological polar surface area (TPSA) is 49.3 Å². The van der Waals surface area contributed by atoms with Gasteiger partial charge in [0.1, 0.15) is 29.1 Å². The van der Waals surface area contributed by atoms with Crippen molar-refractivity contribution in [3.8, 4) is 11.5 Å². The molecule has 0 N–H and O–H groups in total. The van der Waals surface area contributed by atoms with Crippen molar-refractivity contribution < 1.29 is 19.0 Å². The summed E-state index contributed by atoms with van der Waals surface area (Å²) < 4.78 is 16.6. The maximum absolute atomic E-state index is 6.19. The van der Waals surface area contributed by atoms with Crippen molar-refractivity contribution in [1.29, 1.82) is 0 Å². The maximum atomic E-state index is 6.19. The quantitative estimate of drug-likeness (QED) is 0.235. The van der Waals surface area contributed by atoms with E-state index in [2.05, 4.69) is 5.16 Å². The standard InChI is InChI=1S/C18H23Cl4NO4/c1-12(23-27-18(2,3)4)11-24-7-8-26-17-14(19)9-13(10-15(17)20)25-6-5-16(21)22/h5,9-10H,6-8,11H2,1-4H3. The molecule has 152 valence electrons. The normalized spacial score (nSPS) is 11.9. The summed E-state index contributed by atoms with van der Waals surface area (Å²) in [6.07, 6.45) is 1.50. The van der Waals surface area contributed by atoms with Crippen LogP contribution in [-0.4, -0.2) is 37.7 Å². The first kappa shape index (κ1) is 24.2. The number of nitrogens with zero attached hydrogens (tertiary/aromatic N) is 1. The lowest BCUT2D eigenvalue weighted by atomic mass is 10.2. The van der Waals surface area contributed by atoms with E-state index in [0.29, 0.717) is 34.8 Å². The Labute approximate surface area is 180 Å². The average Bonchev–Trinajstić information content (AvgIpc) is 2.53. The second-order valence-electron chi connectivity index (χ2n) is 6.45. The van der Waals surface area contributed by atoms with Gasteiger partial charge in [-0.3, -0.25) is 0 Å². The number of benzene rings is 1. The summed E-state index contributed by atoms with van der Waals surface area (Å²) in [7, 11) is 0. The molecule has 0 bridgehead atoms. The summed E-state index contributed by atoms with van der Waals surface area (Å²) in [6.45, 7) is 8.74. The molecule has 0 saturated heterocycles. The Morgan fingerprint density at radius 1 is 1.07 bits per heavy atom. The van der Waals surface area contributed by atoms with E-state index in [1.54, 1.807) is 12.1 Å². The van der Waals surface area contributed by atoms with Gasteiger partial charge in [-0.1, -0.05) is 51.6 Å². The number of rotatable bonds is 10. The van der Waals surface area contributed by atoms with Gasteiger partial charge in [0.15, 0.2) is 5.75 Å². The number of oxime groups is 1. The molecule has 0 fully saturated rings. The van der Waals surface area contributed by atoms with Crippen molar-refractivity contribution in [2.24, 2.45) is 5.16 Å². The molecule has 0 aliphatic heterocycles. The molecule has 1 aromatic carbocycles. The third-order valence-corrected chi connectivity index (χ3v) is 3.59. The van der Waals surface area contributed by atoms with Crippen LogP contribution in [0.4, 0.5) is 0 Å². The first-order valence-electron chi connectivity index (χ1n) is 8.13. The summed E-state index contributed by atoms with van der Waals surface area (Å²) in [4.78, 5) is 5.31. The molecule has 0 aromatic heterocycles. The molecule has 1 rings (SSSR count). The Morgan fingerprint density at radius 2 is 1.70 bits per heavy atom. The summed E-state index contributed by atoms with van der Waals surface area (Å²) in [6, 6.07) is 3.19. The van der Waals surface area contributed by atoms with Crippen LogP contribution in [0.25, 0.3) is 0 Å². The molecule has 9 heteroatoms. The molecule has 27 heavy (non-hydrogen) atoms. The lowest BCUT2D eigenvalue weighted by molar-refractivity contribution is -0.000814. The summed E-state index contributed by atoms with van der Waals surface area (Å²) in [5.41, 5.74) is 0.397. The fourth-order valence-electron chi connectivity index (χ4n) is 1.62. The molecule has 0 atom stereocenters. The molecule has 0 heterocycles. The fourth-order valence-corrected chi connectivity index (χ4v) is 2.32. The van der Waals surface area contributed by atoms with E-state index in [4.69, 9.17) is 65.5 Å². The molecular formula is C18H23Cl4NO4. The molecule has 0 spiro atoms. The minimum absolute atomic E-state index is 0.123. The highest BCUT2D eigenvalue weighted by Gasteiger charge is 2.11. The highest BCUT2D eigenvalue weighted by Crippen LogP contribution is 2.37. The SMILES string of the molecule is CC(COCCOc1c(Cl)cc(OCC=C(Cl)Cl)cc1Cl)=NOC(C)(C)C. The van der Waals surface area contributed by atoms with Crippen LogP contribution in [0.5, 0.6) is 11.5 Å². The minimum Gasteiger partial charge on any atom is -0.489 e. The Hall–Kier alpha value is -0.850. The Balaban J connectivity index is 2.43. The highest BCUT2D eigenvalue weighted by molar-refractivity contribution is 6.55. The van der Waals surface area contributed by atoms with Gasteiger partial charge in [0.05, 0.1) is 29.0 Å². The van der Waals surface area contributed by atoms with Crippen molar-refractivity contribution >= 4 is 52.1 Å². The highest BCUT2D eigenvalue weighted by atomic mass is 35.5. The third-order valence-electron chi connectivity index (χ3n) is 2.72. The second kappa shape index (κ2) is 11.9. The van der Waals surface area contributed by atoms with E-state index in [9.17, 15) is 0 Å². The van der Waals surface area contributed by atoms with E-state index < -0.39 is 0 Å². The molecular weight excluding hydrogens is 436 g/mol. The number of hydrogen-bond acceptors (Lipinski definition) is 5. The predicted octanol–water partition coefficient (Wildman–Crippen LogP) is 6.28. The van der Waals surface area contributed by atoms with E-state index in [-0.39, 0.29) is 23.3 Å². The molecule has 0 amide bonds.